The Hall–Kier alpha value is -1.43. The van der Waals surface area contributed by atoms with Crippen molar-refractivity contribution in [1.29, 1.82) is 0 Å². The molecule has 0 bridgehead atoms. The predicted octanol–water partition coefficient (Wildman–Crippen LogP) is 3.55. The number of benzene rings is 1. The summed E-state index contributed by atoms with van der Waals surface area (Å²) < 4.78 is 12.0. The van der Waals surface area contributed by atoms with Crippen LogP contribution in [0.2, 0.25) is 0 Å². The molecule has 0 amide bonds. The molecular weight excluding hydrogens is 344 g/mol. The zero-order valence-electron chi connectivity index (χ0n) is 12.7. The average molecular weight is 365 g/mol. The van der Waals surface area contributed by atoms with Crippen LogP contribution in [0.25, 0.3) is 0 Å². The molecule has 0 spiro atoms. The van der Waals surface area contributed by atoms with Crippen molar-refractivity contribution in [1.82, 2.24) is 10.3 Å². The van der Waals surface area contributed by atoms with E-state index in [0.717, 1.165) is 47.6 Å². The number of methoxy groups -OCH3 is 1. The van der Waals surface area contributed by atoms with E-state index in [4.69, 9.17) is 9.47 Å². The number of hydrogen-bond donors (Lipinski definition) is 1. The van der Waals surface area contributed by atoms with Crippen molar-refractivity contribution in [3.63, 3.8) is 0 Å². The summed E-state index contributed by atoms with van der Waals surface area (Å²) in [6.07, 6.45) is 2.77. The number of ether oxygens (including phenoxy) is 2. The van der Waals surface area contributed by atoms with E-state index in [0.29, 0.717) is 6.61 Å². The van der Waals surface area contributed by atoms with Gasteiger partial charge in [0.1, 0.15) is 12.4 Å². The third-order valence-corrected chi connectivity index (χ3v) is 3.63. The van der Waals surface area contributed by atoms with Crippen LogP contribution >= 0.6 is 15.9 Å². The second kappa shape index (κ2) is 9.56. The quantitative estimate of drug-likeness (QED) is 0.691. The highest BCUT2D eigenvalue weighted by Crippen LogP contribution is 2.24. The maximum atomic E-state index is 5.91. The minimum absolute atomic E-state index is 0.471. The summed E-state index contributed by atoms with van der Waals surface area (Å²) in [6, 6.07) is 11.9. The second-order valence-corrected chi connectivity index (χ2v) is 5.80. The lowest BCUT2D eigenvalue weighted by atomic mass is 10.2. The SMILES string of the molecule is COCCCNCc1cc(Br)ccc1OCc1ccccn1. The molecule has 1 N–H and O–H groups in total. The Labute approximate surface area is 140 Å². The Kier molecular flexibility index (Phi) is 7.36. The van der Waals surface area contributed by atoms with Crippen LogP contribution in [-0.2, 0) is 17.9 Å². The van der Waals surface area contributed by atoms with Crippen molar-refractivity contribution in [3.05, 3.63) is 58.3 Å². The van der Waals surface area contributed by atoms with E-state index in [2.05, 4.69) is 32.3 Å². The van der Waals surface area contributed by atoms with Gasteiger partial charge >= 0.3 is 0 Å². The van der Waals surface area contributed by atoms with Crippen molar-refractivity contribution in [2.45, 2.75) is 19.6 Å². The largest absolute Gasteiger partial charge is 0.487 e. The molecule has 5 heteroatoms. The predicted molar refractivity (Wildman–Crippen MR) is 90.9 cm³/mol. The van der Waals surface area contributed by atoms with Crippen LogP contribution < -0.4 is 10.1 Å². The van der Waals surface area contributed by atoms with Crippen LogP contribution in [0, 0.1) is 0 Å². The van der Waals surface area contributed by atoms with E-state index >= 15 is 0 Å². The zero-order chi connectivity index (χ0) is 15.6. The Morgan fingerprint density at radius 3 is 2.91 bits per heavy atom. The number of pyridine rings is 1. The monoisotopic (exact) mass is 364 g/mol. The molecule has 0 aliphatic rings. The molecule has 0 unspecified atom stereocenters. The third-order valence-electron chi connectivity index (χ3n) is 3.14. The summed E-state index contributed by atoms with van der Waals surface area (Å²) >= 11 is 3.51. The molecular formula is C17H21BrN2O2. The molecule has 22 heavy (non-hydrogen) atoms. The topological polar surface area (TPSA) is 43.4 Å². The van der Waals surface area contributed by atoms with Gasteiger partial charge in [-0.25, -0.2) is 0 Å². The summed E-state index contributed by atoms with van der Waals surface area (Å²) in [5.74, 6) is 0.882. The molecule has 1 heterocycles. The zero-order valence-corrected chi connectivity index (χ0v) is 14.3. The normalized spacial score (nSPS) is 10.6. The standard InChI is InChI=1S/C17H21BrN2O2/c1-21-10-4-8-19-12-14-11-15(18)6-7-17(14)22-13-16-5-2-3-9-20-16/h2-3,5-7,9,11,19H,4,8,10,12-13H2,1H3. The number of nitrogens with one attached hydrogen (secondary N) is 1. The first-order valence-corrected chi connectivity index (χ1v) is 8.09. The summed E-state index contributed by atoms with van der Waals surface area (Å²) in [7, 11) is 1.72. The van der Waals surface area contributed by atoms with Crippen molar-refractivity contribution in [3.8, 4) is 5.75 Å². The summed E-state index contributed by atoms with van der Waals surface area (Å²) in [5, 5.41) is 3.41. The molecule has 2 aromatic rings. The van der Waals surface area contributed by atoms with E-state index < -0.39 is 0 Å². The van der Waals surface area contributed by atoms with E-state index in [1.165, 1.54) is 0 Å². The van der Waals surface area contributed by atoms with Gasteiger partial charge in [-0.1, -0.05) is 22.0 Å². The fourth-order valence-corrected chi connectivity index (χ4v) is 2.44. The summed E-state index contributed by atoms with van der Waals surface area (Å²) in [6.45, 7) is 2.93. The minimum atomic E-state index is 0.471. The van der Waals surface area contributed by atoms with Gasteiger partial charge in [-0.05, 0) is 43.3 Å². The van der Waals surface area contributed by atoms with Crippen LogP contribution in [0.4, 0.5) is 0 Å². The Morgan fingerprint density at radius 2 is 2.14 bits per heavy atom. The van der Waals surface area contributed by atoms with Crippen LogP contribution in [0.1, 0.15) is 17.7 Å². The lowest BCUT2D eigenvalue weighted by molar-refractivity contribution is 0.194. The fraction of sp³-hybridized carbons (Fsp3) is 0.353. The molecule has 0 fully saturated rings. The highest BCUT2D eigenvalue weighted by atomic mass is 79.9. The maximum Gasteiger partial charge on any atom is 0.130 e. The fourth-order valence-electron chi connectivity index (χ4n) is 2.03. The second-order valence-electron chi connectivity index (χ2n) is 4.88. The Morgan fingerprint density at radius 1 is 1.23 bits per heavy atom. The number of halogens is 1. The third kappa shape index (κ3) is 5.75. The number of aromatic nitrogens is 1. The first kappa shape index (κ1) is 16.9. The minimum Gasteiger partial charge on any atom is -0.487 e. The van der Waals surface area contributed by atoms with Crippen molar-refractivity contribution in [2.75, 3.05) is 20.3 Å². The smallest absolute Gasteiger partial charge is 0.130 e. The molecule has 4 nitrogen and oxygen atoms in total. The molecule has 1 aromatic heterocycles. The van der Waals surface area contributed by atoms with E-state index in [1.54, 1.807) is 13.3 Å². The van der Waals surface area contributed by atoms with Crippen molar-refractivity contribution < 1.29 is 9.47 Å². The molecule has 118 valence electrons. The lowest BCUT2D eigenvalue weighted by Gasteiger charge is -2.12. The van der Waals surface area contributed by atoms with E-state index in [1.807, 2.05) is 30.3 Å². The molecule has 0 atom stereocenters. The summed E-state index contributed by atoms with van der Waals surface area (Å²) in [5.41, 5.74) is 2.05. The lowest BCUT2D eigenvalue weighted by Crippen LogP contribution is -2.16. The Bertz CT molecular complexity index is 564. The number of rotatable bonds is 9. The van der Waals surface area contributed by atoms with Gasteiger partial charge in [-0.3, -0.25) is 4.98 Å². The molecule has 2 rings (SSSR count). The van der Waals surface area contributed by atoms with Gasteiger partial charge in [0.25, 0.3) is 0 Å². The highest BCUT2D eigenvalue weighted by Gasteiger charge is 2.05. The Balaban J connectivity index is 1.92. The van der Waals surface area contributed by atoms with Crippen LogP contribution in [-0.4, -0.2) is 25.2 Å². The number of nitrogens with zero attached hydrogens (tertiary/aromatic N) is 1. The van der Waals surface area contributed by atoms with Crippen molar-refractivity contribution >= 4 is 15.9 Å². The van der Waals surface area contributed by atoms with Crippen LogP contribution in [0.15, 0.2) is 47.1 Å². The van der Waals surface area contributed by atoms with Crippen LogP contribution in [0.3, 0.4) is 0 Å². The first-order valence-electron chi connectivity index (χ1n) is 7.30. The molecule has 0 radical (unpaired) electrons. The van der Waals surface area contributed by atoms with E-state index in [-0.39, 0.29) is 0 Å². The summed E-state index contributed by atoms with van der Waals surface area (Å²) in [4.78, 5) is 4.27. The maximum absolute atomic E-state index is 5.91. The van der Waals surface area contributed by atoms with Gasteiger partial charge in [0, 0.05) is 36.5 Å². The molecule has 0 saturated heterocycles. The van der Waals surface area contributed by atoms with Gasteiger partial charge in [-0.15, -0.1) is 0 Å². The molecule has 1 aromatic carbocycles. The molecule has 0 aliphatic carbocycles. The average Bonchev–Trinajstić information content (AvgIpc) is 2.55. The van der Waals surface area contributed by atoms with Gasteiger partial charge < -0.3 is 14.8 Å². The van der Waals surface area contributed by atoms with Gasteiger partial charge in [-0.2, -0.15) is 0 Å². The van der Waals surface area contributed by atoms with Crippen molar-refractivity contribution in [2.24, 2.45) is 0 Å². The molecule has 0 saturated carbocycles. The van der Waals surface area contributed by atoms with Gasteiger partial charge in [0.05, 0.1) is 5.69 Å². The first-order chi connectivity index (χ1) is 10.8. The number of hydrogen-bond acceptors (Lipinski definition) is 4. The highest BCUT2D eigenvalue weighted by molar-refractivity contribution is 9.10. The van der Waals surface area contributed by atoms with E-state index in [9.17, 15) is 0 Å². The van der Waals surface area contributed by atoms with Gasteiger partial charge in [0.15, 0.2) is 0 Å². The molecule has 0 aliphatic heterocycles. The van der Waals surface area contributed by atoms with Gasteiger partial charge in [0.2, 0.25) is 0 Å². The van der Waals surface area contributed by atoms with Crippen LogP contribution in [0.5, 0.6) is 5.75 Å².